The summed E-state index contributed by atoms with van der Waals surface area (Å²) in [5.74, 6) is 0.366. The Morgan fingerprint density at radius 3 is 2.94 bits per heavy atom. The van der Waals surface area contributed by atoms with Crippen LogP contribution in [-0.4, -0.2) is 23.5 Å². The molecule has 0 radical (unpaired) electrons. The number of carbonyl (C=O) groups excluding carboxylic acids is 1. The van der Waals surface area contributed by atoms with Gasteiger partial charge in [0, 0.05) is 12.7 Å². The first-order chi connectivity index (χ1) is 8.13. The molecule has 0 fully saturated rings. The maximum absolute atomic E-state index is 10.7. The summed E-state index contributed by atoms with van der Waals surface area (Å²) in [6, 6.07) is 3.20. The van der Waals surface area contributed by atoms with Crippen LogP contribution in [0.15, 0.2) is 23.3 Å². The number of pyridine rings is 1. The van der Waals surface area contributed by atoms with Crippen molar-refractivity contribution < 1.29 is 4.79 Å². The number of aryl methyl sites for hydroxylation is 1. The van der Waals surface area contributed by atoms with E-state index in [0.717, 1.165) is 11.3 Å². The van der Waals surface area contributed by atoms with E-state index in [1.165, 1.54) is 0 Å². The summed E-state index contributed by atoms with van der Waals surface area (Å²) in [5.41, 5.74) is 6.97. The summed E-state index contributed by atoms with van der Waals surface area (Å²) in [6.45, 7) is 4.92. The predicted octanol–water partition coefficient (Wildman–Crippen LogP) is 0.524. The van der Waals surface area contributed by atoms with E-state index < -0.39 is 6.03 Å². The van der Waals surface area contributed by atoms with Crippen LogP contribution in [0.4, 0.5) is 4.79 Å². The number of amides is 2. The zero-order chi connectivity index (χ0) is 12.7. The van der Waals surface area contributed by atoms with Crippen LogP contribution in [0.3, 0.4) is 0 Å². The van der Waals surface area contributed by atoms with Crippen molar-refractivity contribution in [2.75, 3.05) is 6.54 Å². The highest BCUT2D eigenvalue weighted by Gasteiger charge is 2.02. The molecule has 0 aromatic carbocycles. The highest BCUT2D eigenvalue weighted by atomic mass is 16.2. The molecular formula is C11H17N5O. The number of nitrogens with one attached hydrogen (secondary N) is 2. The largest absolute Gasteiger partial charge is 0.356 e. The predicted molar refractivity (Wildman–Crippen MR) is 66.5 cm³/mol. The normalized spacial score (nSPS) is 11.1. The van der Waals surface area contributed by atoms with Crippen molar-refractivity contribution in [2.45, 2.75) is 20.4 Å². The van der Waals surface area contributed by atoms with Gasteiger partial charge < -0.3 is 11.1 Å². The maximum atomic E-state index is 10.7. The number of primary amides is 1. The van der Waals surface area contributed by atoms with E-state index in [2.05, 4.69) is 20.6 Å². The minimum atomic E-state index is -0.637. The van der Waals surface area contributed by atoms with Gasteiger partial charge in [-0.2, -0.15) is 0 Å². The molecule has 4 N–H and O–H groups in total. The second-order valence-electron chi connectivity index (χ2n) is 3.45. The lowest BCUT2D eigenvalue weighted by atomic mass is 10.2. The van der Waals surface area contributed by atoms with Crippen molar-refractivity contribution in [1.29, 1.82) is 0 Å². The minimum Gasteiger partial charge on any atom is -0.356 e. The molecule has 2 amide bonds. The van der Waals surface area contributed by atoms with Gasteiger partial charge in [-0.1, -0.05) is 6.07 Å². The zero-order valence-electron chi connectivity index (χ0n) is 10.0. The molecule has 0 bridgehead atoms. The number of rotatable bonds is 3. The fourth-order valence-corrected chi connectivity index (χ4v) is 1.26. The molecule has 0 aliphatic rings. The van der Waals surface area contributed by atoms with Gasteiger partial charge in [-0.25, -0.2) is 9.79 Å². The molecule has 6 nitrogen and oxygen atoms in total. The lowest BCUT2D eigenvalue weighted by Gasteiger charge is -2.08. The first kappa shape index (κ1) is 13.0. The van der Waals surface area contributed by atoms with Crippen molar-refractivity contribution in [3.63, 3.8) is 0 Å². The van der Waals surface area contributed by atoms with Crippen LogP contribution in [0.1, 0.15) is 18.2 Å². The van der Waals surface area contributed by atoms with E-state index in [-0.39, 0.29) is 0 Å². The quantitative estimate of drug-likeness (QED) is 0.527. The van der Waals surface area contributed by atoms with Crippen molar-refractivity contribution in [1.82, 2.24) is 15.6 Å². The highest BCUT2D eigenvalue weighted by molar-refractivity contribution is 5.95. The summed E-state index contributed by atoms with van der Waals surface area (Å²) in [4.78, 5) is 19.2. The Morgan fingerprint density at radius 1 is 1.59 bits per heavy atom. The van der Waals surface area contributed by atoms with E-state index in [1.807, 2.05) is 26.0 Å². The summed E-state index contributed by atoms with van der Waals surface area (Å²) in [6.07, 6.45) is 1.71. The maximum Gasteiger partial charge on any atom is 0.318 e. The standard InChI is InChI=1S/C11H17N5O/c1-3-13-11(16-10(12)17)15-7-9-8(2)5-4-6-14-9/h4-6H,3,7H2,1-2H3,(H4,12,13,15,16,17). The Bertz CT molecular complexity index is 416. The van der Waals surface area contributed by atoms with Gasteiger partial charge in [-0.05, 0) is 25.5 Å². The SMILES string of the molecule is CCNC(=NCc1ncccc1C)NC(N)=O. The number of urea groups is 1. The van der Waals surface area contributed by atoms with Crippen LogP contribution >= 0.6 is 0 Å². The number of guanidine groups is 1. The smallest absolute Gasteiger partial charge is 0.318 e. The molecule has 6 heteroatoms. The fourth-order valence-electron chi connectivity index (χ4n) is 1.26. The van der Waals surface area contributed by atoms with E-state index in [4.69, 9.17) is 5.73 Å². The van der Waals surface area contributed by atoms with Gasteiger partial charge in [0.1, 0.15) is 0 Å². The molecule has 1 rings (SSSR count). The average molecular weight is 235 g/mol. The average Bonchev–Trinajstić information content (AvgIpc) is 2.27. The number of carbonyl (C=O) groups is 1. The minimum absolute atomic E-state index is 0.366. The molecule has 1 aromatic heterocycles. The van der Waals surface area contributed by atoms with Crippen LogP contribution in [-0.2, 0) is 6.54 Å². The van der Waals surface area contributed by atoms with Crippen molar-refractivity contribution >= 4 is 12.0 Å². The topological polar surface area (TPSA) is 92.4 Å². The van der Waals surface area contributed by atoms with Gasteiger partial charge in [0.15, 0.2) is 5.96 Å². The molecular weight excluding hydrogens is 218 g/mol. The molecule has 0 aliphatic heterocycles. The lowest BCUT2D eigenvalue weighted by Crippen LogP contribution is -2.43. The second-order valence-corrected chi connectivity index (χ2v) is 3.45. The Morgan fingerprint density at radius 2 is 2.35 bits per heavy atom. The summed E-state index contributed by atoms with van der Waals surface area (Å²) >= 11 is 0. The third-order valence-corrected chi connectivity index (χ3v) is 2.09. The van der Waals surface area contributed by atoms with Gasteiger partial charge in [-0.3, -0.25) is 10.3 Å². The molecule has 0 unspecified atom stereocenters. The molecule has 1 heterocycles. The molecule has 0 aliphatic carbocycles. The van der Waals surface area contributed by atoms with E-state index in [1.54, 1.807) is 6.20 Å². The van der Waals surface area contributed by atoms with Crippen LogP contribution in [0.2, 0.25) is 0 Å². The van der Waals surface area contributed by atoms with E-state index in [0.29, 0.717) is 19.0 Å². The number of hydrogen-bond donors (Lipinski definition) is 3. The third kappa shape index (κ3) is 4.50. The van der Waals surface area contributed by atoms with Crippen LogP contribution in [0.25, 0.3) is 0 Å². The number of nitrogens with zero attached hydrogens (tertiary/aromatic N) is 2. The molecule has 0 atom stereocenters. The monoisotopic (exact) mass is 235 g/mol. The molecule has 0 spiro atoms. The van der Waals surface area contributed by atoms with Crippen molar-refractivity contribution in [3.05, 3.63) is 29.6 Å². The molecule has 1 aromatic rings. The number of hydrogen-bond acceptors (Lipinski definition) is 3. The fraction of sp³-hybridized carbons (Fsp3) is 0.364. The van der Waals surface area contributed by atoms with Gasteiger partial charge in [0.2, 0.25) is 0 Å². The molecule has 0 saturated heterocycles. The van der Waals surface area contributed by atoms with E-state index >= 15 is 0 Å². The molecule has 0 saturated carbocycles. The van der Waals surface area contributed by atoms with E-state index in [9.17, 15) is 4.79 Å². The Balaban J connectivity index is 2.71. The van der Waals surface area contributed by atoms with Gasteiger partial charge in [0.25, 0.3) is 0 Å². The Kier molecular flexibility index (Phi) is 4.93. The van der Waals surface area contributed by atoms with Crippen molar-refractivity contribution in [2.24, 2.45) is 10.7 Å². The third-order valence-electron chi connectivity index (χ3n) is 2.09. The number of aromatic nitrogens is 1. The molecule has 92 valence electrons. The summed E-state index contributed by atoms with van der Waals surface area (Å²) in [5, 5.41) is 5.33. The Labute approximate surface area is 100 Å². The van der Waals surface area contributed by atoms with Crippen LogP contribution < -0.4 is 16.4 Å². The summed E-state index contributed by atoms with van der Waals surface area (Å²) in [7, 11) is 0. The first-order valence-corrected chi connectivity index (χ1v) is 5.38. The Hall–Kier alpha value is -2.11. The van der Waals surface area contributed by atoms with Gasteiger partial charge in [-0.15, -0.1) is 0 Å². The number of aliphatic imine (C=N–C) groups is 1. The first-order valence-electron chi connectivity index (χ1n) is 5.38. The van der Waals surface area contributed by atoms with Gasteiger partial charge in [0.05, 0.1) is 12.2 Å². The molecule has 17 heavy (non-hydrogen) atoms. The van der Waals surface area contributed by atoms with Crippen LogP contribution in [0, 0.1) is 6.92 Å². The highest BCUT2D eigenvalue weighted by Crippen LogP contribution is 2.03. The van der Waals surface area contributed by atoms with Gasteiger partial charge >= 0.3 is 6.03 Å². The second kappa shape index (κ2) is 6.47. The number of nitrogens with two attached hydrogens (primary N) is 1. The van der Waals surface area contributed by atoms with Crippen LogP contribution in [0.5, 0.6) is 0 Å². The zero-order valence-corrected chi connectivity index (χ0v) is 10.0. The van der Waals surface area contributed by atoms with Crippen molar-refractivity contribution in [3.8, 4) is 0 Å². The lowest BCUT2D eigenvalue weighted by molar-refractivity contribution is 0.253. The summed E-state index contributed by atoms with van der Waals surface area (Å²) < 4.78 is 0.